The molecule has 16 heteroatoms. The third-order valence-electron chi connectivity index (χ3n) is 20.9. The van der Waals surface area contributed by atoms with Crippen LogP contribution in [0.2, 0.25) is 0 Å². The molecule has 17 rings (SSSR count). The van der Waals surface area contributed by atoms with Gasteiger partial charge in [-0.25, -0.2) is 29.9 Å². The van der Waals surface area contributed by atoms with Gasteiger partial charge in [0.25, 0.3) is 0 Å². The van der Waals surface area contributed by atoms with Crippen LogP contribution in [0.4, 0.5) is 0 Å². The molecule has 4 saturated heterocycles. The van der Waals surface area contributed by atoms with Gasteiger partial charge in [0.2, 0.25) is 11.5 Å². The van der Waals surface area contributed by atoms with Crippen molar-refractivity contribution in [3.63, 3.8) is 0 Å². The second kappa shape index (κ2) is 27.7. The first kappa shape index (κ1) is 63.6. The van der Waals surface area contributed by atoms with E-state index in [1.54, 1.807) is 0 Å². The van der Waals surface area contributed by atoms with Gasteiger partial charge in [0.1, 0.15) is 45.6 Å². The lowest BCUT2D eigenvalue weighted by molar-refractivity contribution is 0.217. The zero-order chi connectivity index (χ0) is 67.2. The molecule has 0 radical (unpaired) electrons. The summed E-state index contributed by atoms with van der Waals surface area (Å²) in [5, 5.41) is 2.89. The van der Waals surface area contributed by atoms with E-state index in [1.165, 1.54) is 25.7 Å². The number of fused-ring (bicyclic) bond motifs is 20. The predicted octanol–water partition coefficient (Wildman–Crippen LogP) is 19.2. The molecule has 0 saturated carbocycles. The van der Waals surface area contributed by atoms with Crippen LogP contribution in [0.15, 0.2) is 146 Å². The number of rotatable bonds is 16. The molecule has 0 atom stereocenters. The van der Waals surface area contributed by atoms with Crippen molar-refractivity contribution in [3.8, 4) is 91.5 Å². The van der Waals surface area contributed by atoms with Crippen LogP contribution in [0.5, 0.6) is 46.0 Å². The Bertz CT molecular complexity index is 4800. The van der Waals surface area contributed by atoms with Gasteiger partial charge in [-0.1, -0.05) is 169 Å². The second-order valence-corrected chi connectivity index (χ2v) is 28.5. The monoisotopic (exact) mass is 1330 g/mol. The average Bonchev–Trinajstić information content (AvgIpc) is 1.50. The number of aromatic nitrogens is 8. The van der Waals surface area contributed by atoms with E-state index < -0.39 is 0 Å². The second-order valence-electron chi connectivity index (χ2n) is 28.5. The highest BCUT2D eigenvalue weighted by molar-refractivity contribution is 6.15. The van der Waals surface area contributed by atoms with E-state index in [2.05, 4.69) is 166 Å². The van der Waals surface area contributed by atoms with Crippen molar-refractivity contribution in [1.82, 2.24) is 59.5 Å². The van der Waals surface area contributed by atoms with E-state index in [9.17, 15) is 0 Å². The standard InChI is InChI=1S/C84H86N12O4/c1-53-29-33-67(57(45-53)49-93-37-15-5-16-38-93)97-73-71-72(84-91-82-66-28-14-12-26-64(66)80(89-82)87-78-62-24-10-9-23-61(62)77(85-78)86-79-63-25-11-13-27-65(63)81(88-79)90-83(71)92-84)74(98-68-34-30-54(2)46-58(68)50-94-39-17-6-18-40-94)76(100-70-36-32-56(4)48-60(70)52-96-43-21-8-22-44-96)75(73)99-69-35-31-55(3)47-59(69)51-95-41-19-7-20-42-95/h9-14,23-36,45-48H,5-8,15-22,37-44,49-52H2,1-4H3,(H2,85,86,87,88,89,90,91,92). The Labute approximate surface area is 584 Å². The third kappa shape index (κ3) is 13.0. The van der Waals surface area contributed by atoms with Crippen LogP contribution >= 0.6 is 0 Å². The van der Waals surface area contributed by atoms with Crippen LogP contribution in [-0.4, -0.2) is 112 Å². The van der Waals surface area contributed by atoms with Crippen molar-refractivity contribution >= 4 is 44.1 Å². The van der Waals surface area contributed by atoms with Crippen LogP contribution in [0.3, 0.4) is 0 Å². The summed E-state index contributed by atoms with van der Waals surface area (Å²) in [6.45, 7) is 19.4. The normalized spacial score (nSPS) is 16.2. The molecule has 9 heterocycles. The highest BCUT2D eigenvalue weighted by Gasteiger charge is 2.35. The van der Waals surface area contributed by atoms with Crippen molar-refractivity contribution in [3.05, 3.63) is 190 Å². The average molecular weight is 1330 g/mol. The van der Waals surface area contributed by atoms with Gasteiger partial charge in [0.05, 0.1) is 10.8 Å². The van der Waals surface area contributed by atoms with Gasteiger partial charge in [-0.15, -0.1) is 0 Å². The molecule has 506 valence electrons. The molecule has 3 aromatic heterocycles. The van der Waals surface area contributed by atoms with Crippen molar-refractivity contribution in [2.45, 2.75) is 131 Å². The van der Waals surface area contributed by atoms with Crippen molar-refractivity contribution in [1.29, 1.82) is 0 Å². The number of nitrogens with one attached hydrogen (secondary N) is 2. The fourth-order valence-electron chi connectivity index (χ4n) is 15.8. The lowest BCUT2D eigenvalue weighted by Crippen LogP contribution is -2.29. The van der Waals surface area contributed by atoms with E-state index in [-0.39, 0.29) is 0 Å². The first-order valence-corrected chi connectivity index (χ1v) is 36.5. The number of benzene rings is 8. The first-order chi connectivity index (χ1) is 49.1. The summed E-state index contributed by atoms with van der Waals surface area (Å²) < 4.78 is 32.2. The minimum atomic E-state index is 0.320. The molecule has 0 amide bonds. The molecular weight excluding hydrogens is 1240 g/mol. The molecule has 8 bridgehead atoms. The maximum atomic E-state index is 8.05. The topological polar surface area (TPSA) is 159 Å². The van der Waals surface area contributed by atoms with E-state index in [0.29, 0.717) is 129 Å². The summed E-state index contributed by atoms with van der Waals surface area (Å²) in [4.78, 5) is 51.0. The molecule has 2 N–H and O–H groups in total. The smallest absolute Gasteiger partial charge is 0.217 e. The van der Waals surface area contributed by atoms with Gasteiger partial charge in [0.15, 0.2) is 34.8 Å². The molecule has 11 aromatic rings. The number of aromatic amines is 2. The Morgan fingerprint density at radius 3 is 0.850 bits per heavy atom. The Balaban J connectivity index is 1.04. The maximum absolute atomic E-state index is 8.05. The summed E-state index contributed by atoms with van der Waals surface area (Å²) in [6.07, 6.45) is 14.0. The summed E-state index contributed by atoms with van der Waals surface area (Å²) in [5.41, 5.74) is 14.1. The summed E-state index contributed by atoms with van der Waals surface area (Å²) in [5.74, 6) is 5.97. The zero-order valence-electron chi connectivity index (χ0n) is 57.9. The largest absolute Gasteiger partial charge is 0.452 e. The number of likely N-dealkylation sites (tertiary alicyclic amines) is 4. The minimum Gasteiger partial charge on any atom is -0.452 e. The van der Waals surface area contributed by atoms with Crippen LogP contribution in [0, 0.1) is 27.7 Å². The Morgan fingerprint density at radius 2 is 0.550 bits per heavy atom. The number of hydrogen-bond donors (Lipinski definition) is 2. The number of ether oxygens (including phenoxy) is 4. The molecule has 16 nitrogen and oxygen atoms in total. The molecule has 8 aromatic carbocycles. The fraction of sp³-hybridized carbons (Fsp3) is 0.333. The SMILES string of the molecule is Cc1ccc(Oc2c(Oc3ccc(C)cc3CN3CCCCC3)c(Oc3ccc(C)cc3CN3CCCCC3)c3c4nc5nc(nc6[nH]c(nc7nc(nc([nH]4)c3c2Oc2ccc(C)cc2CN2CCCCC2)-c2ccccc2-7)c2ccccc62)-c2ccccc2-5)c(CN2CCCCC2)c1. The molecular formula is C84H86N12O4. The molecule has 6 aliphatic rings. The lowest BCUT2D eigenvalue weighted by Gasteiger charge is -2.29. The number of nitrogens with zero attached hydrogens (tertiary/aromatic N) is 10. The maximum Gasteiger partial charge on any atom is 0.217 e. The van der Waals surface area contributed by atoms with Crippen LogP contribution in [0.1, 0.15) is 122 Å². The summed E-state index contributed by atoms with van der Waals surface area (Å²) in [7, 11) is 0. The zero-order valence-corrected chi connectivity index (χ0v) is 57.9. The molecule has 4 fully saturated rings. The van der Waals surface area contributed by atoms with Crippen molar-refractivity contribution in [2.75, 3.05) is 52.4 Å². The van der Waals surface area contributed by atoms with Gasteiger partial charge >= 0.3 is 0 Å². The van der Waals surface area contributed by atoms with Crippen molar-refractivity contribution < 1.29 is 18.9 Å². The minimum absolute atomic E-state index is 0.320. The lowest BCUT2D eigenvalue weighted by atomic mass is 10.1. The van der Waals surface area contributed by atoms with Gasteiger partial charge in [-0.05, 0) is 156 Å². The van der Waals surface area contributed by atoms with Crippen LogP contribution in [0.25, 0.3) is 89.7 Å². The third-order valence-corrected chi connectivity index (χ3v) is 20.9. The van der Waals surface area contributed by atoms with E-state index in [0.717, 1.165) is 181 Å². The molecule has 0 spiro atoms. The van der Waals surface area contributed by atoms with E-state index >= 15 is 0 Å². The van der Waals surface area contributed by atoms with Gasteiger partial charge < -0.3 is 28.9 Å². The van der Waals surface area contributed by atoms with Gasteiger partial charge in [-0.3, -0.25) is 19.6 Å². The van der Waals surface area contributed by atoms with E-state index in [1.807, 2.05) is 36.4 Å². The van der Waals surface area contributed by atoms with Crippen molar-refractivity contribution in [2.24, 2.45) is 0 Å². The predicted molar refractivity (Wildman–Crippen MR) is 398 cm³/mol. The van der Waals surface area contributed by atoms with Gasteiger partial charge in [0, 0.05) is 81.5 Å². The van der Waals surface area contributed by atoms with Crippen LogP contribution in [-0.2, 0) is 26.2 Å². The summed E-state index contributed by atoms with van der Waals surface area (Å²) >= 11 is 0. The number of H-pyrrole nitrogens is 2. The number of hydrogen-bond acceptors (Lipinski definition) is 14. The first-order valence-electron chi connectivity index (χ1n) is 36.5. The molecule has 0 unspecified atom stereocenters. The van der Waals surface area contributed by atoms with Crippen LogP contribution < -0.4 is 18.9 Å². The molecule has 100 heavy (non-hydrogen) atoms. The highest BCUT2D eigenvalue weighted by atomic mass is 16.6. The van der Waals surface area contributed by atoms with E-state index in [4.69, 9.17) is 48.9 Å². The highest BCUT2D eigenvalue weighted by Crippen LogP contribution is 2.59. The Morgan fingerprint density at radius 1 is 0.290 bits per heavy atom. The molecule has 0 aliphatic carbocycles. The number of piperidine rings is 4. The molecule has 6 aliphatic heterocycles. The Hall–Kier alpha value is -9.84. The van der Waals surface area contributed by atoms with Gasteiger partial charge in [-0.2, -0.15) is 0 Å². The Kier molecular flexibility index (Phi) is 17.6. The fourth-order valence-corrected chi connectivity index (χ4v) is 15.8. The number of aryl methyl sites for hydroxylation is 4. The quantitative estimate of drug-likeness (QED) is 0.0941. The summed E-state index contributed by atoms with van der Waals surface area (Å²) in [6, 6.07) is 50.7.